The van der Waals surface area contributed by atoms with Crippen LogP contribution in [0.4, 0.5) is 10.1 Å². The number of nitrogens with one attached hydrogen (secondary N) is 1. The van der Waals surface area contributed by atoms with Crippen molar-refractivity contribution in [2.24, 2.45) is 0 Å². The molecule has 0 atom stereocenters. The van der Waals surface area contributed by atoms with E-state index >= 15 is 0 Å². The topological polar surface area (TPSA) is 49.3 Å². The molecule has 2 aromatic carbocycles. The fourth-order valence-corrected chi connectivity index (χ4v) is 1.92. The first-order chi connectivity index (χ1) is 8.97. The smallest absolute Gasteiger partial charge is 0.255 e. The summed E-state index contributed by atoms with van der Waals surface area (Å²) >= 11 is 11.4. The Morgan fingerprint density at radius 3 is 2.16 bits per heavy atom. The van der Waals surface area contributed by atoms with E-state index in [-0.39, 0.29) is 21.4 Å². The van der Waals surface area contributed by atoms with Gasteiger partial charge in [-0.2, -0.15) is 0 Å². The Morgan fingerprint density at radius 2 is 1.63 bits per heavy atom. The summed E-state index contributed by atoms with van der Waals surface area (Å²) in [7, 11) is 0. The van der Waals surface area contributed by atoms with Gasteiger partial charge in [0, 0.05) is 11.3 Å². The van der Waals surface area contributed by atoms with Crippen molar-refractivity contribution in [2.75, 3.05) is 5.32 Å². The Bertz CT molecular complexity index is 606. The highest BCUT2D eigenvalue weighted by atomic mass is 35.5. The molecule has 0 heterocycles. The molecule has 98 valence electrons. The molecule has 0 aromatic heterocycles. The number of carbonyl (C=O) groups excluding carboxylic acids is 1. The molecule has 6 heteroatoms. The lowest BCUT2D eigenvalue weighted by Crippen LogP contribution is -2.11. The SMILES string of the molecule is O=C(Nc1ccc(F)cc1)c1cc(Cl)c(O)c(Cl)c1. The third-order valence-corrected chi connectivity index (χ3v) is 2.96. The van der Waals surface area contributed by atoms with E-state index in [1.54, 1.807) is 0 Å². The number of amides is 1. The number of halogens is 3. The third kappa shape index (κ3) is 3.16. The molecule has 19 heavy (non-hydrogen) atoms. The Labute approximate surface area is 118 Å². The second-order valence-corrected chi connectivity index (χ2v) is 4.56. The predicted octanol–water partition coefficient (Wildman–Crippen LogP) is 4.09. The summed E-state index contributed by atoms with van der Waals surface area (Å²) in [5.41, 5.74) is 0.629. The highest BCUT2D eigenvalue weighted by molar-refractivity contribution is 6.37. The van der Waals surface area contributed by atoms with Gasteiger partial charge >= 0.3 is 0 Å². The summed E-state index contributed by atoms with van der Waals surface area (Å²) in [4.78, 5) is 11.9. The van der Waals surface area contributed by atoms with Gasteiger partial charge in [-0.1, -0.05) is 23.2 Å². The average molecular weight is 300 g/mol. The van der Waals surface area contributed by atoms with Crippen LogP contribution in [0.1, 0.15) is 10.4 Å². The highest BCUT2D eigenvalue weighted by Crippen LogP contribution is 2.32. The lowest BCUT2D eigenvalue weighted by molar-refractivity contribution is 0.102. The summed E-state index contributed by atoms with van der Waals surface area (Å²) < 4.78 is 12.7. The monoisotopic (exact) mass is 299 g/mol. The molecular weight excluding hydrogens is 292 g/mol. The van der Waals surface area contributed by atoms with Gasteiger partial charge in [-0.25, -0.2) is 4.39 Å². The van der Waals surface area contributed by atoms with E-state index in [1.807, 2.05) is 0 Å². The molecule has 0 saturated heterocycles. The van der Waals surface area contributed by atoms with Gasteiger partial charge in [0.1, 0.15) is 5.82 Å². The molecule has 0 aliphatic carbocycles. The molecule has 1 amide bonds. The Morgan fingerprint density at radius 1 is 1.11 bits per heavy atom. The first kappa shape index (κ1) is 13.6. The van der Waals surface area contributed by atoms with Crippen LogP contribution in [0.5, 0.6) is 5.75 Å². The van der Waals surface area contributed by atoms with Crippen LogP contribution in [0, 0.1) is 5.82 Å². The van der Waals surface area contributed by atoms with Crippen molar-refractivity contribution >= 4 is 34.8 Å². The van der Waals surface area contributed by atoms with Crippen LogP contribution in [-0.4, -0.2) is 11.0 Å². The summed E-state index contributed by atoms with van der Waals surface area (Å²) in [6, 6.07) is 7.90. The second-order valence-electron chi connectivity index (χ2n) is 3.75. The van der Waals surface area contributed by atoms with Crippen LogP contribution in [0.15, 0.2) is 36.4 Å². The maximum atomic E-state index is 12.7. The van der Waals surface area contributed by atoms with Crippen molar-refractivity contribution in [3.63, 3.8) is 0 Å². The number of carbonyl (C=O) groups is 1. The van der Waals surface area contributed by atoms with Crippen molar-refractivity contribution in [1.82, 2.24) is 0 Å². The van der Waals surface area contributed by atoms with Gasteiger partial charge in [-0.05, 0) is 36.4 Å². The molecule has 0 fully saturated rings. The van der Waals surface area contributed by atoms with Crippen LogP contribution in [0.3, 0.4) is 0 Å². The van der Waals surface area contributed by atoms with Gasteiger partial charge in [-0.3, -0.25) is 4.79 Å². The minimum absolute atomic E-state index is 0.0169. The largest absolute Gasteiger partial charge is 0.505 e. The van der Waals surface area contributed by atoms with Gasteiger partial charge in [0.15, 0.2) is 5.75 Å². The van der Waals surface area contributed by atoms with Gasteiger partial charge in [0.05, 0.1) is 10.0 Å². The van der Waals surface area contributed by atoms with Gasteiger partial charge < -0.3 is 10.4 Å². The molecule has 0 saturated carbocycles. The number of anilines is 1. The molecule has 3 nitrogen and oxygen atoms in total. The van der Waals surface area contributed by atoms with E-state index in [0.29, 0.717) is 5.69 Å². The highest BCUT2D eigenvalue weighted by Gasteiger charge is 2.12. The zero-order chi connectivity index (χ0) is 14.0. The number of phenolic OH excluding ortho intramolecular Hbond substituents is 1. The van der Waals surface area contributed by atoms with Crippen molar-refractivity contribution in [2.45, 2.75) is 0 Å². The number of aromatic hydroxyl groups is 1. The summed E-state index contributed by atoms with van der Waals surface area (Å²) in [6.07, 6.45) is 0. The molecule has 0 unspecified atom stereocenters. The second kappa shape index (κ2) is 5.47. The van der Waals surface area contributed by atoms with Crippen LogP contribution in [0.2, 0.25) is 10.0 Å². The number of hydrogen-bond acceptors (Lipinski definition) is 2. The quantitative estimate of drug-likeness (QED) is 0.877. The molecule has 0 aliphatic rings. The number of rotatable bonds is 2. The lowest BCUT2D eigenvalue weighted by atomic mass is 10.2. The van der Waals surface area contributed by atoms with Crippen molar-refractivity contribution in [3.8, 4) is 5.75 Å². The maximum Gasteiger partial charge on any atom is 0.255 e. The minimum Gasteiger partial charge on any atom is -0.505 e. The molecule has 0 spiro atoms. The number of hydrogen-bond donors (Lipinski definition) is 2. The molecule has 0 bridgehead atoms. The summed E-state index contributed by atoms with van der Waals surface area (Å²) in [6.45, 7) is 0. The first-order valence-corrected chi connectivity index (χ1v) is 5.98. The van der Waals surface area contributed by atoms with Crippen LogP contribution in [-0.2, 0) is 0 Å². The number of benzene rings is 2. The van der Waals surface area contributed by atoms with Crippen LogP contribution >= 0.6 is 23.2 Å². The van der Waals surface area contributed by atoms with Crippen LogP contribution < -0.4 is 5.32 Å². The summed E-state index contributed by atoms with van der Waals surface area (Å²) in [5, 5.41) is 11.9. The molecule has 2 N–H and O–H groups in total. The van der Waals surface area contributed by atoms with Gasteiger partial charge in [0.2, 0.25) is 0 Å². The minimum atomic E-state index is -0.463. The average Bonchev–Trinajstić information content (AvgIpc) is 2.38. The fraction of sp³-hybridized carbons (Fsp3) is 0. The van der Waals surface area contributed by atoms with E-state index in [9.17, 15) is 14.3 Å². The van der Waals surface area contributed by atoms with Gasteiger partial charge in [-0.15, -0.1) is 0 Å². The van der Waals surface area contributed by atoms with Gasteiger partial charge in [0.25, 0.3) is 5.91 Å². The van der Waals surface area contributed by atoms with E-state index in [4.69, 9.17) is 23.2 Å². The van der Waals surface area contributed by atoms with E-state index in [2.05, 4.69) is 5.32 Å². The summed E-state index contributed by atoms with van der Waals surface area (Å²) in [5.74, 6) is -1.13. The zero-order valence-corrected chi connectivity index (χ0v) is 11.0. The van der Waals surface area contributed by atoms with E-state index in [1.165, 1.54) is 36.4 Å². The third-order valence-electron chi connectivity index (χ3n) is 2.38. The maximum absolute atomic E-state index is 12.7. The molecule has 2 rings (SSSR count). The standard InChI is InChI=1S/C13H8Cl2FNO2/c14-10-5-7(6-11(15)12(10)18)13(19)17-9-3-1-8(16)2-4-9/h1-6,18H,(H,17,19). The Kier molecular flexibility index (Phi) is 3.93. The number of phenols is 1. The molecule has 0 radical (unpaired) electrons. The predicted molar refractivity (Wildman–Crippen MR) is 72.5 cm³/mol. The van der Waals surface area contributed by atoms with Crippen LogP contribution in [0.25, 0.3) is 0 Å². The zero-order valence-electron chi connectivity index (χ0n) is 9.45. The molecule has 2 aromatic rings. The molecule has 0 aliphatic heterocycles. The van der Waals surface area contributed by atoms with E-state index in [0.717, 1.165) is 0 Å². The Balaban J connectivity index is 2.23. The van der Waals surface area contributed by atoms with E-state index < -0.39 is 11.7 Å². The first-order valence-electron chi connectivity index (χ1n) is 5.22. The normalized spacial score (nSPS) is 10.3. The van der Waals surface area contributed by atoms with Crippen molar-refractivity contribution < 1.29 is 14.3 Å². The lowest BCUT2D eigenvalue weighted by Gasteiger charge is -2.07. The van der Waals surface area contributed by atoms with Crippen molar-refractivity contribution in [1.29, 1.82) is 0 Å². The van der Waals surface area contributed by atoms with Crippen molar-refractivity contribution in [3.05, 3.63) is 57.8 Å². The fourth-order valence-electron chi connectivity index (χ4n) is 1.43. The molecular formula is C13H8Cl2FNO2. The Hall–Kier alpha value is -1.78.